The Morgan fingerprint density at radius 3 is 2.60 bits per heavy atom. The summed E-state index contributed by atoms with van der Waals surface area (Å²) in [5.74, 6) is 0.0189. The van der Waals surface area contributed by atoms with Crippen LogP contribution in [0.5, 0.6) is 0 Å². The Bertz CT molecular complexity index is 270. The van der Waals surface area contributed by atoms with Crippen molar-refractivity contribution >= 4 is 23.8 Å². The monoisotopic (exact) mass is 232 g/mol. The van der Waals surface area contributed by atoms with Crippen molar-refractivity contribution in [3.8, 4) is 0 Å². The Morgan fingerprint density at radius 2 is 2.13 bits per heavy atom. The van der Waals surface area contributed by atoms with Gasteiger partial charge in [-0.2, -0.15) is 0 Å². The van der Waals surface area contributed by atoms with Gasteiger partial charge in [0.2, 0.25) is 0 Å². The predicted molar refractivity (Wildman–Crippen MR) is 58.9 cm³/mol. The van der Waals surface area contributed by atoms with Gasteiger partial charge in [0.05, 0.1) is 5.88 Å². The van der Waals surface area contributed by atoms with Crippen LogP contribution in [0.1, 0.15) is 13.8 Å². The van der Waals surface area contributed by atoms with E-state index in [9.17, 15) is 9.59 Å². The number of carboxylic acid groups (broad SMARTS) is 1. The molecule has 86 valence electrons. The Kier molecular flexibility index (Phi) is 3.84. The van der Waals surface area contributed by atoms with E-state index < -0.39 is 12.0 Å². The summed E-state index contributed by atoms with van der Waals surface area (Å²) in [6, 6.07) is -0.802. The smallest absolute Gasteiger partial charge is 0.327 e. The molecule has 1 aliphatic heterocycles. The van der Waals surface area contributed by atoms with Crippen LogP contribution >= 0.6 is 11.8 Å². The first-order chi connectivity index (χ1) is 6.95. The zero-order chi connectivity index (χ0) is 11.6. The third-order valence-corrected chi connectivity index (χ3v) is 3.50. The maximum Gasteiger partial charge on any atom is 0.327 e. The van der Waals surface area contributed by atoms with Gasteiger partial charge in [-0.15, -0.1) is 11.8 Å². The van der Waals surface area contributed by atoms with E-state index in [0.29, 0.717) is 11.6 Å². The zero-order valence-electron chi connectivity index (χ0n) is 9.14. The van der Waals surface area contributed by atoms with Crippen molar-refractivity contribution in [3.05, 3.63) is 0 Å². The summed E-state index contributed by atoms with van der Waals surface area (Å²) in [6.07, 6.45) is 0. The van der Waals surface area contributed by atoms with Crippen molar-refractivity contribution in [3.63, 3.8) is 0 Å². The van der Waals surface area contributed by atoms with Crippen LogP contribution in [0.3, 0.4) is 0 Å². The molecule has 1 rings (SSSR count). The summed E-state index contributed by atoms with van der Waals surface area (Å²) in [6.45, 7) is 3.80. The number of nitrogens with zero attached hydrogens (tertiary/aromatic N) is 2. The van der Waals surface area contributed by atoms with Crippen LogP contribution in [0.15, 0.2) is 0 Å². The zero-order valence-corrected chi connectivity index (χ0v) is 9.95. The highest BCUT2D eigenvalue weighted by atomic mass is 32.2. The number of hydrogen-bond donors (Lipinski definition) is 1. The number of thioether (sulfide) groups is 1. The second kappa shape index (κ2) is 4.74. The molecule has 5 nitrogen and oxygen atoms in total. The molecule has 1 N–H and O–H groups in total. The molecular weight excluding hydrogens is 216 g/mol. The molecule has 1 heterocycles. The van der Waals surface area contributed by atoms with Crippen molar-refractivity contribution < 1.29 is 14.7 Å². The predicted octanol–water partition coefficient (Wildman–Crippen LogP) is 0.906. The SMILES string of the molecule is CC(C)N(C)C(=O)N1CSCC1C(=O)O. The van der Waals surface area contributed by atoms with Crippen molar-refractivity contribution in [1.29, 1.82) is 0 Å². The quantitative estimate of drug-likeness (QED) is 0.768. The topological polar surface area (TPSA) is 60.9 Å². The lowest BCUT2D eigenvalue weighted by Gasteiger charge is -2.29. The van der Waals surface area contributed by atoms with E-state index in [2.05, 4.69) is 0 Å². The lowest BCUT2D eigenvalue weighted by Crippen LogP contribution is -2.49. The molecule has 1 unspecified atom stereocenters. The molecule has 0 spiro atoms. The van der Waals surface area contributed by atoms with Gasteiger partial charge >= 0.3 is 12.0 Å². The standard InChI is InChI=1S/C9H16N2O3S/c1-6(2)10(3)9(14)11-5-15-4-7(11)8(12)13/h6-7H,4-5H2,1-3H3,(H,12,13). The van der Waals surface area contributed by atoms with Gasteiger partial charge in [0.15, 0.2) is 0 Å². The Balaban J connectivity index is 2.70. The molecule has 0 aromatic heterocycles. The minimum Gasteiger partial charge on any atom is -0.480 e. The second-order valence-corrected chi connectivity index (χ2v) is 4.81. The molecule has 0 aromatic rings. The summed E-state index contributed by atoms with van der Waals surface area (Å²) in [7, 11) is 1.69. The molecule has 15 heavy (non-hydrogen) atoms. The minimum atomic E-state index is -0.925. The van der Waals surface area contributed by atoms with Gasteiger partial charge in [-0.3, -0.25) is 0 Å². The Morgan fingerprint density at radius 1 is 1.53 bits per heavy atom. The van der Waals surface area contributed by atoms with Crippen LogP contribution in [0.2, 0.25) is 0 Å². The highest BCUT2D eigenvalue weighted by Gasteiger charge is 2.36. The normalized spacial score (nSPS) is 20.8. The van der Waals surface area contributed by atoms with Crippen molar-refractivity contribution in [2.24, 2.45) is 0 Å². The number of rotatable bonds is 2. The average Bonchev–Trinajstić information content (AvgIpc) is 2.63. The molecule has 1 saturated heterocycles. The first kappa shape index (κ1) is 12.2. The third-order valence-electron chi connectivity index (χ3n) is 2.49. The van der Waals surface area contributed by atoms with E-state index >= 15 is 0 Å². The second-order valence-electron chi connectivity index (χ2n) is 3.81. The number of amides is 2. The summed E-state index contributed by atoms with van der Waals surface area (Å²) in [5.41, 5.74) is 0. The van der Waals surface area contributed by atoms with Gasteiger partial charge in [-0.1, -0.05) is 0 Å². The molecule has 1 aliphatic rings. The van der Waals surface area contributed by atoms with Gasteiger partial charge in [-0.05, 0) is 13.8 Å². The number of carboxylic acids is 1. The number of aliphatic carboxylic acids is 1. The number of carbonyl (C=O) groups is 2. The van der Waals surface area contributed by atoms with Crippen molar-refractivity contribution in [2.75, 3.05) is 18.7 Å². The highest BCUT2D eigenvalue weighted by molar-refractivity contribution is 7.99. The van der Waals surface area contributed by atoms with E-state index in [1.54, 1.807) is 11.9 Å². The van der Waals surface area contributed by atoms with E-state index in [1.807, 2.05) is 13.8 Å². The van der Waals surface area contributed by atoms with Crippen LogP contribution in [0.25, 0.3) is 0 Å². The first-order valence-corrected chi connectivity index (χ1v) is 5.94. The molecule has 1 fully saturated rings. The Hall–Kier alpha value is -0.910. The van der Waals surface area contributed by atoms with Crippen LogP contribution in [0.4, 0.5) is 4.79 Å². The van der Waals surface area contributed by atoms with E-state index in [0.717, 1.165) is 0 Å². The van der Waals surface area contributed by atoms with Crippen LogP contribution in [-0.4, -0.2) is 57.7 Å². The lowest BCUT2D eigenvalue weighted by atomic mass is 10.3. The molecule has 0 saturated carbocycles. The highest BCUT2D eigenvalue weighted by Crippen LogP contribution is 2.22. The van der Waals surface area contributed by atoms with Gasteiger partial charge < -0.3 is 14.9 Å². The number of carbonyl (C=O) groups excluding carboxylic acids is 1. The molecule has 0 bridgehead atoms. The molecule has 0 aliphatic carbocycles. The molecule has 6 heteroatoms. The van der Waals surface area contributed by atoms with Gasteiger partial charge in [0, 0.05) is 18.8 Å². The van der Waals surface area contributed by atoms with E-state index in [-0.39, 0.29) is 12.1 Å². The van der Waals surface area contributed by atoms with Crippen molar-refractivity contribution in [1.82, 2.24) is 9.80 Å². The lowest BCUT2D eigenvalue weighted by molar-refractivity contribution is -0.140. The summed E-state index contributed by atoms with van der Waals surface area (Å²) in [5, 5.41) is 8.93. The van der Waals surface area contributed by atoms with Crippen molar-refractivity contribution in [2.45, 2.75) is 25.9 Å². The molecule has 1 atom stereocenters. The third kappa shape index (κ3) is 2.56. The van der Waals surface area contributed by atoms with Gasteiger partial charge in [-0.25, -0.2) is 9.59 Å². The summed E-state index contributed by atoms with van der Waals surface area (Å²) in [4.78, 5) is 25.7. The molecule has 0 aromatic carbocycles. The van der Waals surface area contributed by atoms with Crippen LogP contribution in [0, 0.1) is 0 Å². The number of urea groups is 1. The van der Waals surface area contributed by atoms with E-state index in [1.165, 1.54) is 16.7 Å². The summed E-state index contributed by atoms with van der Waals surface area (Å²) >= 11 is 1.47. The van der Waals surface area contributed by atoms with Gasteiger partial charge in [0.25, 0.3) is 0 Å². The summed E-state index contributed by atoms with van der Waals surface area (Å²) < 4.78 is 0. The van der Waals surface area contributed by atoms with E-state index in [4.69, 9.17) is 5.11 Å². The minimum absolute atomic E-state index is 0.0811. The average molecular weight is 232 g/mol. The molecular formula is C9H16N2O3S. The largest absolute Gasteiger partial charge is 0.480 e. The Labute approximate surface area is 93.4 Å². The van der Waals surface area contributed by atoms with Gasteiger partial charge in [0.1, 0.15) is 6.04 Å². The maximum absolute atomic E-state index is 11.9. The fraction of sp³-hybridized carbons (Fsp3) is 0.778. The number of hydrogen-bond acceptors (Lipinski definition) is 3. The molecule has 0 radical (unpaired) electrons. The maximum atomic E-state index is 11.9. The fourth-order valence-corrected chi connectivity index (χ4v) is 2.40. The fourth-order valence-electron chi connectivity index (χ4n) is 1.26. The van der Waals surface area contributed by atoms with Crippen LogP contribution < -0.4 is 0 Å². The first-order valence-electron chi connectivity index (χ1n) is 4.79. The molecule has 2 amide bonds. The van der Waals surface area contributed by atoms with Crippen LogP contribution in [-0.2, 0) is 4.79 Å².